The highest BCUT2D eigenvalue weighted by molar-refractivity contribution is 5.83. The number of fused-ring (bicyclic) bond motifs is 3. The van der Waals surface area contributed by atoms with E-state index in [1.807, 2.05) is 12.2 Å². The highest BCUT2D eigenvalue weighted by atomic mass is 16.6. The lowest BCUT2D eigenvalue weighted by atomic mass is 9.79. The molecule has 1 heterocycles. The third-order valence-corrected chi connectivity index (χ3v) is 4.12. The van der Waals surface area contributed by atoms with Gasteiger partial charge < -0.3 is 15.2 Å². The van der Waals surface area contributed by atoms with Gasteiger partial charge in [-0.25, -0.2) is 4.79 Å². The summed E-state index contributed by atoms with van der Waals surface area (Å²) in [5.74, 6) is -0.877. The fourth-order valence-corrected chi connectivity index (χ4v) is 3.16. The van der Waals surface area contributed by atoms with Crippen molar-refractivity contribution in [2.45, 2.75) is 18.4 Å². The van der Waals surface area contributed by atoms with Gasteiger partial charge in [0, 0.05) is 11.8 Å². The first-order valence-corrected chi connectivity index (χ1v) is 6.55. The number of carbonyl (C=O) groups is 1. The summed E-state index contributed by atoms with van der Waals surface area (Å²) in [4.78, 5) is 22.2. The summed E-state index contributed by atoms with van der Waals surface area (Å²) in [6, 6.07) is 2.22. The zero-order valence-corrected chi connectivity index (χ0v) is 11.3. The molecule has 0 aromatic heterocycles. The van der Waals surface area contributed by atoms with Crippen molar-refractivity contribution in [1.82, 2.24) is 0 Å². The Balaban J connectivity index is 2.19. The van der Waals surface area contributed by atoms with E-state index in [0.29, 0.717) is 12.2 Å². The number of methoxy groups -OCH3 is 1. The summed E-state index contributed by atoms with van der Waals surface area (Å²) in [5, 5.41) is 23.4. The zero-order valence-electron chi connectivity index (χ0n) is 11.3. The van der Waals surface area contributed by atoms with Crippen molar-refractivity contribution in [1.29, 1.82) is 0 Å². The van der Waals surface area contributed by atoms with Gasteiger partial charge in [-0.2, -0.15) is 0 Å². The molecule has 0 fully saturated rings. The second kappa shape index (κ2) is 4.76. The molecule has 0 saturated carbocycles. The minimum atomic E-state index is -0.996. The summed E-state index contributed by atoms with van der Waals surface area (Å²) < 4.78 is 5.12. The minimum Gasteiger partial charge on any atom is -0.496 e. The molecule has 0 amide bonds. The predicted molar refractivity (Wildman–Crippen MR) is 74.7 cm³/mol. The van der Waals surface area contributed by atoms with Crippen LogP contribution in [0.15, 0.2) is 24.3 Å². The van der Waals surface area contributed by atoms with E-state index in [9.17, 15) is 20.0 Å². The number of hydrogen-bond donors (Lipinski definition) is 2. The van der Waals surface area contributed by atoms with Crippen LogP contribution in [0.5, 0.6) is 5.75 Å². The summed E-state index contributed by atoms with van der Waals surface area (Å²) in [6.07, 6.45) is 4.48. The van der Waals surface area contributed by atoms with Gasteiger partial charge in [0.15, 0.2) is 0 Å². The molecule has 0 bridgehead atoms. The number of anilines is 1. The van der Waals surface area contributed by atoms with Gasteiger partial charge in [0.05, 0.1) is 18.1 Å². The molecule has 7 nitrogen and oxygen atoms in total. The van der Waals surface area contributed by atoms with E-state index in [-0.39, 0.29) is 23.2 Å². The highest BCUT2D eigenvalue weighted by Crippen LogP contribution is 2.49. The number of aliphatic carboxylic acids is 1. The van der Waals surface area contributed by atoms with Gasteiger partial charge >= 0.3 is 5.97 Å². The van der Waals surface area contributed by atoms with Crippen molar-refractivity contribution in [2.75, 3.05) is 12.4 Å². The molecule has 1 aliphatic heterocycles. The van der Waals surface area contributed by atoms with E-state index in [1.165, 1.54) is 13.2 Å². The molecule has 0 unspecified atom stereocenters. The molecule has 2 aliphatic rings. The molecule has 1 aliphatic carbocycles. The average Bonchev–Trinajstić information content (AvgIpc) is 2.94. The number of allylic oxidation sites excluding steroid dienone is 2. The number of carboxylic acids is 1. The molecule has 0 spiro atoms. The summed E-state index contributed by atoms with van der Waals surface area (Å²) in [5.41, 5.74) is 0.840. The van der Waals surface area contributed by atoms with Gasteiger partial charge in [0.1, 0.15) is 17.5 Å². The SMILES string of the molecule is COc1cc2c(c([N+](=O)[O-])c1)N[C@H](C(=O)O)[C@H]1CC=C[C@@H]21. The number of nitrogens with one attached hydrogen (secondary N) is 1. The maximum absolute atomic E-state index is 11.4. The molecule has 1 aromatic carbocycles. The van der Waals surface area contributed by atoms with Gasteiger partial charge in [-0.15, -0.1) is 0 Å². The van der Waals surface area contributed by atoms with Crippen LogP contribution in [0, 0.1) is 16.0 Å². The van der Waals surface area contributed by atoms with Gasteiger partial charge in [-0.3, -0.25) is 10.1 Å². The van der Waals surface area contributed by atoms with Crippen molar-refractivity contribution >= 4 is 17.3 Å². The maximum atomic E-state index is 11.4. The van der Waals surface area contributed by atoms with Gasteiger partial charge in [-0.1, -0.05) is 12.2 Å². The highest BCUT2D eigenvalue weighted by Gasteiger charge is 2.43. The summed E-state index contributed by atoms with van der Waals surface area (Å²) in [6.45, 7) is 0. The maximum Gasteiger partial charge on any atom is 0.326 e. The molecule has 3 atom stereocenters. The molecular weight excluding hydrogens is 276 g/mol. The van der Waals surface area contributed by atoms with Crippen molar-refractivity contribution < 1.29 is 19.6 Å². The Hall–Kier alpha value is -2.57. The van der Waals surface area contributed by atoms with Crippen molar-refractivity contribution in [2.24, 2.45) is 5.92 Å². The topological polar surface area (TPSA) is 102 Å². The molecule has 7 heteroatoms. The minimum absolute atomic E-state index is 0.137. The molecule has 1 aromatic rings. The van der Waals surface area contributed by atoms with E-state index in [2.05, 4.69) is 5.32 Å². The van der Waals surface area contributed by atoms with Crippen LogP contribution in [-0.4, -0.2) is 29.2 Å². The van der Waals surface area contributed by atoms with Crippen LogP contribution in [0.3, 0.4) is 0 Å². The zero-order chi connectivity index (χ0) is 15.1. The lowest BCUT2D eigenvalue weighted by Crippen LogP contribution is -2.42. The van der Waals surface area contributed by atoms with E-state index < -0.39 is 16.9 Å². The predicted octanol–water partition coefficient (Wildman–Crippen LogP) is 2.14. The van der Waals surface area contributed by atoms with Crippen LogP contribution >= 0.6 is 0 Å². The summed E-state index contributed by atoms with van der Waals surface area (Å²) in [7, 11) is 1.45. The second-order valence-corrected chi connectivity index (χ2v) is 5.18. The number of nitrogens with zero attached hydrogens (tertiary/aromatic N) is 1. The lowest BCUT2D eigenvalue weighted by Gasteiger charge is -2.34. The van der Waals surface area contributed by atoms with Crippen LogP contribution in [0.1, 0.15) is 17.9 Å². The van der Waals surface area contributed by atoms with Crippen molar-refractivity contribution in [3.05, 3.63) is 40.0 Å². The molecule has 0 radical (unpaired) electrons. The number of benzene rings is 1. The lowest BCUT2D eigenvalue weighted by molar-refractivity contribution is -0.384. The van der Waals surface area contributed by atoms with Gasteiger partial charge in [-0.05, 0) is 18.1 Å². The first-order valence-electron chi connectivity index (χ1n) is 6.55. The standard InChI is InChI=1S/C14H14N2O5/c1-21-7-5-10-8-3-2-4-9(8)13(14(17)18)15-12(10)11(6-7)16(19)20/h2-3,5-6,8-9,13,15H,4H2,1H3,(H,17,18)/t8-,9+,13+/m1/s1. The Kier molecular flexibility index (Phi) is 3.04. The normalized spacial score (nSPS) is 25.7. The first kappa shape index (κ1) is 13.4. The number of nitro groups is 1. The van der Waals surface area contributed by atoms with Crippen LogP contribution in [0.2, 0.25) is 0 Å². The number of rotatable bonds is 3. The Bertz CT molecular complexity index is 655. The van der Waals surface area contributed by atoms with Crippen molar-refractivity contribution in [3.63, 3.8) is 0 Å². The molecular formula is C14H14N2O5. The second-order valence-electron chi connectivity index (χ2n) is 5.18. The van der Waals surface area contributed by atoms with E-state index in [1.54, 1.807) is 6.07 Å². The molecule has 21 heavy (non-hydrogen) atoms. The monoisotopic (exact) mass is 290 g/mol. The molecule has 0 saturated heterocycles. The number of ether oxygens (including phenoxy) is 1. The largest absolute Gasteiger partial charge is 0.496 e. The van der Waals surface area contributed by atoms with Gasteiger partial charge in [0.2, 0.25) is 0 Å². The number of nitro benzene ring substituents is 1. The molecule has 110 valence electrons. The van der Waals surface area contributed by atoms with Crippen LogP contribution in [0.25, 0.3) is 0 Å². The number of carboxylic acid groups (broad SMARTS) is 1. The third-order valence-electron chi connectivity index (χ3n) is 4.12. The Labute approximate surface area is 120 Å². The number of hydrogen-bond acceptors (Lipinski definition) is 5. The van der Waals surface area contributed by atoms with Crippen molar-refractivity contribution in [3.8, 4) is 5.75 Å². The first-order chi connectivity index (χ1) is 10.0. The van der Waals surface area contributed by atoms with Gasteiger partial charge in [0.25, 0.3) is 5.69 Å². The van der Waals surface area contributed by atoms with Crippen LogP contribution < -0.4 is 10.1 Å². The fourth-order valence-electron chi connectivity index (χ4n) is 3.16. The summed E-state index contributed by atoms with van der Waals surface area (Å²) >= 11 is 0. The average molecular weight is 290 g/mol. The Morgan fingerprint density at radius 2 is 2.29 bits per heavy atom. The van der Waals surface area contributed by atoms with E-state index >= 15 is 0 Å². The smallest absolute Gasteiger partial charge is 0.326 e. The molecule has 2 N–H and O–H groups in total. The Morgan fingerprint density at radius 1 is 1.52 bits per heavy atom. The van der Waals surface area contributed by atoms with Crippen LogP contribution in [-0.2, 0) is 4.79 Å². The fraction of sp³-hybridized carbons (Fsp3) is 0.357. The Morgan fingerprint density at radius 3 is 2.90 bits per heavy atom. The molecule has 3 rings (SSSR count). The quantitative estimate of drug-likeness (QED) is 0.502. The third kappa shape index (κ3) is 2.01. The van der Waals surface area contributed by atoms with E-state index in [4.69, 9.17) is 4.74 Å². The van der Waals surface area contributed by atoms with Crippen LogP contribution in [0.4, 0.5) is 11.4 Å². The van der Waals surface area contributed by atoms with E-state index in [0.717, 1.165) is 5.56 Å².